The molecule has 2 atom stereocenters. The van der Waals surface area contributed by atoms with E-state index in [1.54, 1.807) is 18.7 Å². The second-order valence-corrected chi connectivity index (χ2v) is 6.70. The molecule has 1 aliphatic carbocycles. The number of carbonyl (C=O) groups excluding carboxylic acids is 1. The molecule has 0 aromatic heterocycles. The van der Waals surface area contributed by atoms with Crippen molar-refractivity contribution < 1.29 is 24.9 Å². The number of aliphatic hydroxyl groups excluding tert-OH is 2. The van der Waals surface area contributed by atoms with Crippen LogP contribution in [0.2, 0.25) is 0 Å². The van der Waals surface area contributed by atoms with Crippen molar-refractivity contribution in [1.82, 2.24) is 10.2 Å². The Kier molecular flexibility index (Phi) is 8.11. The molecule has 0 radical (unpaired) electrons. The molecule has 1 rings (SSSR count). The Morgan fingerprint density at radius 1 is 1.21 bits per heavy atom. The Bertz CT molecular complexity index is 723. The maximum absolute atomic E-state index is 12.7. The van der Waals surface area contributed by atoms with Crippen molar-refractivity contribution >= 4 is 5.91 Å². The molecule has 1 unspecified atom stereocenters. The fraction of sp³-hybridized carbons (Fsp3) is 0.588. The van der Waals surface area contributed by atoms with E-state index in [-0.39, 0.29) is 11.8 Å². The quantitative estimate of drug-likeness (QED) is 0.298. The summed E-state index contributed by atoms with van der Waals surface area (Å²) in [5.41, 5.74) is -1.94. The first-order chi connectivity index (χ1) is 13.0. The minimum atomic E-state index is -1.88. The molecule has 3 N–H and O–H groups in total. The van der Waals surface area contributed by atoms with E-state index in [0.29, 0.717) is 25.6 Å². The van der Waals surface area contributed by atoms with E-state index in [4.69, 9.17) is 0 Å². The number of hydrogen-bond donors (Lipinski definition) is 3. The van der Waals surface area contributed by atoms with Gasteiger partial charge < -0.3 is 20.4 Å². The van der Waals surface area contributed by atoms with Crippen LogP contribution in [0, 0.1) is 26.1 Å². The first-order valence-electron chi connectivity index (χ1n) is 8.91. The van der Waals surface area contributed by atoms with Gasteiger partial charge in [-0.25, -0.2) is 0 Å². The highest BCUT2D eigenvalue weighted by molar-refractivity contribution is 5.82. The summed E-state index contributed by atoms with van der Waals surface area (Å²) >= 11 is 0. The van der Waals surface area contributed by atoms with E-state index in [1.165, 1.54) is 0 Å². The highest BCUT2D eigenvalue weighted by Crippen LogP contribution is 2.25. The van der Waals surface area contributed by atoms with Gasteiger partial charge >= 0.3 is 0 Å². The predicted octanol–water partition coefficient (Wildman–Crippen LogP) is 1.32. The van der Waals surface area contributed by atoms with Gasteiger partial charge in [-0.15, -0.1) is 0 Å². The molecule has 0 aromatic rings. The molecule has 11 nitrogen and oxygen atoms in total. The normalized spacial score (nSPS) is 19.4. The number of carbonyl (C=O) groups is 1. The Labute approximate surface area is 162 Å². The molecule has 11 heteroatoms. The molecule has 0 saturated heterocycles. The maximum Gasteiger partial charge on any atom is 0.286 e. The molecular formula is C17H26N4O7. The van der Waals surface area contributed by atoms with Crippen molar-refractivity contribution in [2.75, 3.05) is 13.1 Å². The highest BCUT2D eigenvalue weighted by atomic mass is 16.6. The first-order valence-corrected chi connectivity index (χ1v) is 8.91. The van der Waals surface area contributed by atoms with E-state index < -0.39 is 44.8 Å². The molecule has 156 valence electrons. The van der Waals surface area contributed by atoms with Gasteiger partial charge in [0.05, 0.1) is 21.5 Å². The lowest BCUT2D eigenvalue weighted by molar-refractivity contribution is -0.442. The van der Waals surface area contributed by atoms with Crippen LogP contribution >= 0.6 is 0 Å². The van der Waals surface area contributed by atoms with E-state index in [1.807, 2.05) is 13.8 Å². The van der Waals surface area contributed by atoms with Crippen LogP contribution in [0.5, 0.6) is 0 Å². The highest BCUT2D eigenvalue weighted by Gasteiger charge is 2.36. The maximum atomic E-state index is 12.7. The minimum absolute atomic E-state index is 0.0743. The molecular weight excluding hydrogens is 372 g/mol. The van der Waals surface area contributed by atoms with Crippen LogP contribution in [0.1, 0.15) is 34.1 Å². The summed E-state index contributed by atoms with van der Waals surface area (Å²) in [6.07, 6.45) is -0.0657. The number of allylic oxidation sites excluding steroid dienone is 1. The summed E-state index contributed by atoms with van der Waals surface area (Å²) in [7, 11) is 0. The smallest absolute Gasteiger partial charge is 0.286 e. The molecule has 0 fully saturated rings. The van der Waals surface area contributed by atoms with Crippen LogP contribution in [0.15, 0.2) is 35.0 Å². The average Bonchev–Trinajstić information content (AvgIpc) is 2.61. The van der Waals surface area contributed by atoms with Crippen LogP contribution in [0.25, 0.3) is 0 Å². The van der Waals surface area contributed by atoms with Gasteiger partial charge in [0.25, 0.3) is 11.4 Å². The van der Waals surface area contributed by atoms with Crippen LogP contribution in [-0.2, 0) is 4.79 Å². The van der Waals surface area contributed by atoms with Crippen LogP contribution < -0.4 is 5.32 Å². The third kappa shape index (κ3) is 5.52. The van der Waals surface area contributed by atoms with Gasteiger partial charge in [0.15, 0.2) is 12.0 Å². The molecule has 0 aromatic carbocycles. The standard InChI is InChI=1S/C17H26N4O7/c1-5-19(6-2)17(24)13(7-10(3)4)18-16(23)12-8-11(20(25)26)9-14(15(12)22)21(27)28/h8-10,13,15,18,22-23H,5-7H2,1-4H3/b16-12-/t13-,15?/m1/s1. The minimum Gasteiger partial charge on any atom is -0.495 e. The van der Waals surface area contributed by atoms with Crippen molar-refractivity contribution in [3.05, 3.63) is 55.2 Å². The zero-order valence-electron chi connectivity index (χ0n) is 16.3. The fourth-order valence-electron chi connectivity index (χ4n) is 2.82. The number of aliphatic hydroxyl groups is 2. The zero-order chi connectivity index (χ0) is 21.6. The van der Waals surface area contributed by atoms with Gasteiger partial charge in [-0.3, -0.25) is 25.0 Å². The topological polar surface area (TPSA) is 159 Å². The van der Waals surface area contributed by atoms with Crippen LogP contribution in [0.4, 0.5) is 0 Å². The summed E-state index contributed by atoms with van der Waals surface area (Å²) < 4.78 is 0. The van der Waals surface area contributed by atoms with Crippen molar-refractivity contribution in [3.63, 3.8) is 0 Å². The monoisotopic (exact) mass is 398 g/mol. The van der Waals surface area contributed by atoms with Crippen molar-refractivity contribution in [3.8, 4) is 0 Å². The lowest BCUT2D eigenvalue weighted by Crippen LogP contribution is -2.47. The Hall–Kier alpha value is -2.95. The number of likely N-dealkylation sites (N-methyl/N-ethyl adjacent to an activating group) is 1. The molecule has 0 heterocycles. The van der Waals surface area contributed by atoms with Gasteiger partial charge in [-0.05, 0) is 26.2 Å². The number of nitrogens with zero attached hydrogens (tertiary/aromatic N) is 3. The number of nitro groups is 2. The van der Waals surface area contributed by atoms with E-state index in [2.05, 4.69) is 5.32 Å². The molecule has 1 aliphatic rings. The molecule has 28 heavy (non-hydrogen) atoms. The number of amides is 1. The summed E-state index contributed by atoms with van der Waals surface area (Å²) in [5.74, 6) is -0.935. The molecule has 0 bridgehead atoms. The summed E-state index contributed by atoms with van der Waals surface area (Å²) in [5, 5.41) is 45.3. The number of nitrogens with one attached hydrogen (secondary N) is 1. The van der Waals surface area contributed by atoms with Gasteiger partial charge in [-0.2, -0.15) is 0 Å². The molecule has 0 aliphatic heterocycles. The number of rotatable bonds is 9. The first kappa shape index (κ1) is 23.1. The van der Waals surface area contributed by atoms with E-state index in [9.17, 15) is 35.2 Å². The average molecular weight is 398 g/mol. The largest absolute Gasteiger partial charge is 0.495 e. The van der Waals surface area contributed by atoms with E-state index >= 15 is 0 Å². The van der Waals surface area contributed by atoms with Crippen LogP contribution in [0.3, 0.4) is 0 Å². The van der Waals surface area contributed by atoms with Gasteiger partial charge in [0.2, 0.25) is 5.91 Å². The van der Waals surface area contributed by atoms with Crippen molar-refractivity contribution in [2.24, 2.45) is 5.92 Å². The Morgan fingerprint density at radius 2 is 1.79 bits per heavy atom. The molecule has 0 saturated carbocycles. The zero-order valence-corrected chi connectivity index (χ0v) is 16.3. The van der Waals surface area contributed by atoms with Crippen LogP contribution in [-0.4, -0.2) is 56.1 Å². The lowest BCUT2D eigenvalue weighted by Gasteiger charge is -2.28. The summed E-state index contributed by atoms with van der Waals surface area (Å²) in [6.45, 7) is 8.26. The van der Waals surface area contributed by atoms with Crippen molar-refractivity contribution in [1.29, 1.82) is 0 Å². The SMILES string of the molecule is CCN(CC)C(=O)[C@@H](CC(C)C)N/C(O)=C1\C=C([N+](=O)[O-])C=C([N+](=O)[O-])C1O. The third-order valence-electron chi connectivity index (χ3n) is 4.26. The predicted molar refractivity (Wildman–Crippen MR) is 100 cm³/mol. The van der Waals surface area contributed by atoms with E-state index in [0.717, 1.165) is 6.08 Å². The van der Waals surface area contributed by atoms with Crippen molar-refractivity contribution in [2.45, 2.75) is 46.3 Å². The van der Waals surface area contributed by atoms with Gasteiger partial charge in [-0.1, -0.05) is 13.8 Å². The lowest BCUT2D eigenvalue weighted by atomic mass is 9.98. The second kappa shape index (κ2) is 9.83. The Balaban J connectivity index is 3.32. The van der Waals surface area contributed by atoms with Gasteiger partial charge in [0, 0.05) is 19.2 Å². The fourth-order valence-corrected chi connectivity index (χ4v) is 2.82. The second-order valence-electron chi connectivity index (χ2n) is 6.70. The summed E-state index contributed by atoms with van der Waals surface area (Å²) in [6, 6.07) is -0.864. The molecule has 0 spiro atoms. The Morgan fingerprint density at radius 3 is 2.21 bits per heavy atom. The van der Waals surface area contributed by atoms with Gasteiger partial charge in [0.1, 0.15) is 6.04 Å². The summed E-state index contributed by atoms with van der Waals surface area (Å²) in [4.78, 5) is 34.6. The molecule has 1 amide bonds. The number of hydrogen-bond acceptors (Lipinski definition) is 8. The third-order valence-corrected chi connectivity index (χ3v) is 4.26.